The van der Waals surface area contributed by atoms with Crippen molar-refractivity contribution in [2.45, 2.75) is 25.4 Å². The topological polar surface area (TPSA) is 58.5 Å². The van der Waals surface area contributed by atoms with Crippen LogP contribution in [0.3, 0.4) is 0 Å². The third-order valence-corrected chi connectivity index (χ3v) is 4.02. The molecule has 0 aliphatic carbocycles. The molecule has 5 nitrogen and oxygen atoms in total. The maximum Gasteiger partial charge on any atom is 0.147 e. The number of para-hydroxylation sites is 1. The summed E-state index contributed by atoms with van der Waals surface area (Å²) in [6.45, 7) is 3.68. The van der Waals surface area contributed by atoms with Crippen LogP contribution in [-0.2, 0) is 0 Å². The predicted octanol–water partition coefficient (Wildman–Crippen LogP) is 2.20. The normalized spacial score (nSPS) is 21.6. The van der Waals surface area contributed by atoms with Gasteiger partial charge in [0.05, 0.1) is 12.7 Å². The molecule has 1 saturated heterocycles. The summed E-state index contributed by atoms with van der Waals surface area (Å²) in [6.07, 6.45) is 6.70. The van der Waals surface area contributed by atoms with E-state index in [1.165, 1.54) is 0 Å². The van der Waals surface area contributed by atoms with Gasteiger partial charge < -0.3 is 14.7 Å². The third-order valence-electron chi connectivity index (χ3n) is 4.02. The zero-order valence-corrected chi connectivity index (χ0v) is 12.8. The molecular weight excluding hydrogens is 278 g/mol. The van der Waals surface area contributed by atoms with Gasteiger partial charge in [0, 0.05) is 18.9 Å². The summed E-state index contributed by atoms with van der Waals surface area (Å²) in [6, 6.07) is 7.86. The van der Waals surface area contributed by atoms with Crippen LogP contribution in [0.5, 0.6) is 5.75 Å². The number of hydrogen-bond donors (Lipinski definition) is 1. The summed E-state index contributed by atoms with van der Waals surface area (Å²) >= 11 is 0. The highest BCUT2D eigenvalue weighted by Gasteiger charge is 2.34. The molecule has 1 aliphatic heterocycles. The average Bonchev–Trinajstić information content (AvgIpc) is 2.55. The fourth-order valence-electron chi connectivity index (χ4n) is 2.81. The summed E-state index contributed by atoms with van der Waals surface area (Å²) in [5.41, 5.74) is 0.214. The van der Waals surface area contributed by atoms with Gasteiger partial charge in [-0.3, -0.25) is 4.98 Å². The first-order valence-electron chi connectivity index (χ1n) is 7.58. The van der Waals surface area contributed by atoms with Gasteiger partial charge in [0.15, 0.2) is 0 Å². The van der Waals surface area contributed by atoms with E-state index in [2.05, 4.69) is 14.9 Å². The van der Waals surface area contributed by atoms with E-state index in [0.717, 1.165) is 36.5 Å². The second kappa shape index (κ2) is 6.32. The van der Waals surface area contributed by atoms with Crippen molar-refractivity contribution in [3.63, 3.8) is 0 Å². The molecule has 116 valence electrons. The van der Waals surface area contributed by atoms with E-state index in [1.54, 1.807) is 18.6 Å². The van der Waals surface area contributed by atoms with Crippen molar-refractivity contribution >= 4 is 5.82 Å². The average molecular weight is 299 g/mol. The van der Waals surface area contributed by atoms with Gasteiger partial charge in [0.25, 0.3) is 0 Å². The maximum atomic E-state index is 10.8. The molecule has 0 saturated carbocycles. The first-order valence-corrected chi connectivity index (χ1v) is 7.58. The highest BCUT2D eigenvalue weighted by molar-refractivity contribution is 5.37. The summed E-state index contributed by atoms with van der Waals surface area (Å²) in [7, 11) is 0. The maximum absolute atomic E-state index is 10.8. The van der Waals surface area contributed by atoms with Crippen LogP contribution in [0.15, 0.2) is 42.9 Å². The van der Waals surface area contributed by atoms with Crippen molar-refractivity contribution in [2.24, 2.45) is 0 Å². The molecule has 3 rings (SSSR count). The van der Waals surface area contributed by atoms with Crippen LogP contribution in [0.1, 0.15) is 18.4 Å². The number of aliphatic hydroxyl groups is 1. The zero-order chi connectivity index (χ0) is 15.4. The number of aromatic nitrogens is 2. The fraction of sp³-hybridized carbons (Fsp3) is 0.412. The standard InChI is InChI=1S/C17H21N3O2/c1-14-5-2-3-6-15(14)22-13-17(21)7-4-10-20(12-17)16-11-18-8-9-19-16/h2-3,5-6,8-9,11,21H,4,7,10,12-13H2,1H3. The minimum Gasteiger partial charge on any atom is -0.490 e. The second-order valence-corrected chi connectivity index (χ2v) is 5.87. The number of aryl methyl sites for hydroxylation is 1. The quantitative estimate of drug-likeness (QED) is 0.938. The Kier molecular flexibility index (Phi) is 4.24. The van der Waals surface area contributed by atoms with Crippen molar-refractivity contribution in [3.8, 4) is 5.75 Å². The zero-order valence-electron chi connectivity index (χ0n) is 12.8. The Labute approximate surface area is 130 Å². The number of β-amino-alcohol motifs (C(OH)–C–C–N with tert-alkyl or cyclic N) is 1. The van der Waals surface area contributed by atoms with Gasteiger partial charge in [-0.25, -0.2) is 4.98 Å². The molecule has 5 heteroatoms. The highest BCUT2D eigenvalue weighted by Crippen LogP contribution is 2.26. The van der Waals surface area contributed by atoms with Crippen LogP contribution in [0, 0.1) is 6.92 Å². The third kappa shape index (κ3) is 3.36. The molecule has 0 spiro atoms. The van der Waals surface area contributed by atoms with E-state index in [4.69, 9.17) is 4.74 Å². The van der Waals surface area contributed by atoms with E-state index in [1.807, 2.05) is 31.2 Å². The Morgan fingerprint density at radius 3 is 2.95 bits per heavy atom. The molecule has 1 aromatic carbocycles. The Morgan fingerprint density at radius 2 is 2.18 bits per heavy atom. The number of benzene rings is 1. The summed E-state index contributed by atoms with van der Waals surface area (Å²) < 4.78 is 5.85. The number of rotatable bonds is 4. The highest BCUT2D eigenvalue weighted by atomic mass is 16.5. The van der Waals surface area contributed by atoms with Crippen LogP contribution in [0.25, 0.3) is 0 Å². The molecule has 22 heavy (non-hydrogen) atoms. The number of anilines is 1. The lowest BCUT2D eigenvalue weighted by Gasteiger charge is -2.39. The number of ether oxygens (including phenoxy) is 1. The summed E-state index contributed by atoms with van der Waals surface area (Å²) in [5.74, 6) is 1.63. The summed E-state index contributed by atoms with van der Waals surface area (Å²) in [4.78, 5) is 10.5. The molecule has 1 aliphatic rings. The number of piperidine rings is 1. The first-order chi connectivity index (χ1) is 10.7. The molecule has 0 radical (unpaired) electrons. The van der Waals surface area contributed by atoms with Crippen LogP contribution in [0.2, 0.25) is 0 Å². The largest absolute Gasteiger partial charge is 0.490 e. The first kappa shape index (κ1) is 14.8. The predicted molar refractivity (Wildman–Crippen MR) is 85.1 cm³/mol. The lowest BCUT2D eigenvalue weighted by atomic mass is 9.93. The minimum absolute atomic E-state index is 0.286. The van der Waals surface area contributed by atoms with Crippen molar-refractivity contribution in [1.29, 1.82) is 0 Å². The molecule has 1 fully saturated rings. The van der Waals surface area contributed by atoms with E-state index in [-0.39, 0.29) is 6.61 Å². The van der Waals surface area contributed by atoms with Gasteiger partial charge in [-0.05, 0) is 31.4 Å². The molecule has 1 atom stereocenters. The van der Waals surface area contributed by atoms with Crippen LogP contribution >= 0.6 is 0 Å². The van der Waals surface area contributed by atoms with Crippen LogP contribution in [0.4, 0.5) is 5.82 Å². The van der Waals surface area contributed by atoms with Crippen molar-refractivity contribution in [1.82, 2.24) is 9.97 Å². The van der Waals surface area contributed by atoms with E-state index < -0.39 is 5.60 Å². The molecule has 2 aromatic rings. The molecule has 2 heterocycles. The van der Waals surface area contributed by atoms with Gasteiger partial charge >= 0.3 is 0 Å². The number of hydrogen-bond acceptors (Lipinski definition) is 5. The SMILES string of the molecule is Cc1ccccc1OCC1(O)CCCN(c2cnccn2)C1. The van der Waals surface area contributed by atoms with Gasteiger partial charge in [0.1, 0.15) is 23.8 Å². The number of nitrogens with zero attached hydrogens (tertiary/aromatic N) is 3. The van der Waals surface area contributed by atoms with Crippen molar-refractivity contribution < 1.29 is 9.84 Å². The summed E-state index contributed by atoms with van der Waals surface area (Å²) in [5, 5.41) is 10.8. The Hall–Kier alpha value is -2.14. The van der Waals surface area contributed by atoms with Gasteiger partial charge in [-0.2, -0.15) is 0 Å². The fourth-order valence-corrected chi connectivity index (χ4v) is 2.81. The van der Waals surface area contributed by atoms with Gasteiger partial charge in [0.2, 0.25) is 0 Å². The molecule has 1 unspecified atom stereocenters. The van der Waals surface area contributed by atoms with Crippen LogP contribution < -0.4 is 9.64 Å². The lowest BCUT2D eigenvalue weighted by molar-refractivity contribution is -0.0158. The molecule has 1 N–H and O–H groups in total. The molecule has 1 aromatic heterocycles. The minimum atomic E-state index is -0.863. The van der Waals surface area contributed by atoms with Crippen molar-refractivity contribution in [3.05, 3.63) is 48.4 Å². The van der Waals surface area contributed by atoms with E-state index >= 15 is 0 Å². The second-order valence-electron chi connectivity index (χ2n) is 5.87. The molecular formula is C17H21N3O2. The van der Waals surface area contributed by atoms with Crippen molar-refractivity contribution in [2.75, 3.05) is 24.6 Å². The Morgan fingerprint density at radius 1 is 1.32 bits per heavy atom. The van der Waals surface area contributed by atoms with E-state index in [9.17, 15) is 5.11 Å². The molecule has 0 amide bonds. The van der Waals surface area contributed by atoms with Gasteiger partial charge in [-0.15, -0.1) is 0 Å². The monoisotopic (exact) mass is 299 g/mol. The van der Waals surface area contributed by atoms with Crippen LogP contribution in [-0.4, -0.2) is 40.4 Å². The van der Waals surface area contributed by atoms with E-state index in [0.29, 0.717) is 6.54 Å². The van der Waals surface area contributed by atoms with Gasteiger partial charge in [-0.1, -0.05) is 18.2 Å². The Bertz CT molecular complexity index is 620. The lowest BCUT2D eigenvalue weighted by Crippen LogP contribution is -2.52. The molecule has 0 bridgehead atoms. The Balaban J connectivity index is 1.66. The smallest absolute Gasteiger partial charge is 0.147 e.